The van der Waals surface area contributed by atoms with Gasteiger partial charge >= 0.3 is 9.28 Å². The molecule has 84 valence electrons. The molecule has 0 radical (unpaired) electrons. The molecule has 1 aromatic carbocycles. The van der Waals surface area contributed by atoms with Crippen LogP contribution < -0.4 is 4.43 Å². The van der Waals surface area contributed by atoms with E-state index in [9.17, 15) is 0 Å². The van der Waals surface area contributed by atoms with E-state index in [0.29, 0.717) is 0 Å². The summed E-state index contributed by atoms with van der Waals surface area (Å²) in [6.07, 6.45) is -0.190. The van der Waals surface area contributed by atoms with Crippen LogP contribution in [-0.4, -0.2) is 22.7 Å². The lowest BCUT2D eigenvalue weighted by Crippen LogP contribution is -2.30. The molecule has 15 heavy (non-hydrogen) atoms. The maximum Gasteiger partial charge on any atom is 0.384 e. The van der Waals surface area contributed by atoms with Crippen LogP contribution >= 0.6 is 0 Å². The number of rotatable bonds is 6. The van der Waals surface area contributed by atoms with Crippen molar-refractivity contribution in [3.8, 4) is 5.75 Å². The van der Waals surface area contributed by atoms with Crippen molar-refractivity contribution < 1.29 is 13.6 Å². The van der Waals surface area contributed by atoms with Gasteiger partial charge in [0.1, 0.15) is 12.0 Å². The van der Waals surface area contributed by atoms with Gasteiger partial charge in [-0.05, 0) is 25.1 Å². The summed E-state index contributed by atoms with van der Waals surface area (Å²) in [5.41, 5.74) is 0. The second-order valence-corrected chi connectivity index (χ2v) is 5.39. The summed E-state index contributed by atoms with van der Waals surface area (Å²) in [4.78, 5) is 0. The van der Waals surface area contributed by atoms with Crippen LogP contribution in [0, 0.1) is 0 Å². The molecule has 0 bridgehead atoms. The van der Waals surface area contributed by atoms with Gasteiger partial charge in [-0.15, -0.1) is 0 Å². The Labute approximate surface area is 92.8 Å². The third-order valence-electron chi connectivity index (χ3n) is 2.02. The van der Waals surface area contributed by atoms with Crippen molar-refractivity contribution in [1.29, 1.82) is 0 Å². The molecule has 1 aromatic rings. The van der Waals surface area contributed by atoms with E-state index < -0.39 is 9.28 Å². The Balaban J connectivity index is 2.47. The Hall–Kier alpha value is -0.843. The number of methoxy groups -OCH3 is 1. The Morgan fingerprint density at radius 2 is 1.93 bits per heavy atom. The van der Waals surface area contributed by atoms with E-state index in [1.807, 2.05) is 37.3 Å². The van der Waals surface area contributed by atoms with Gasteiger partial charge in [-0.1, -0.05) is 25.1 Å². The second-order valence-electron chi connectivity index (χ2n) is 3.21. The third-order valence-corrected chi connectivity index (χ3v) is 3.91. The zero-order chi connectivity index (χ0) is 11.1. The van der Waals surface area contributed by atoms with Gasteiger partial charge < -0.3 is 13.6 Å². The molecule has 4 heteroatoms. The van der Waals surface area contributed by atoms with Crippen LogP contribution in [0.15, 0.2) is 30.3 Å². The fraction of sp³-hybridized carbons (Fsp3) is 0.455. The normalized spacial score (nSPS) is 14.6. The van der Waals surface area contributed by atoms with E-state index in [0.717, 1.165) is 11.8 Å². The summed E-state index contributed by atoms with van der Waals surface area (Å²) >= 11 is 0. The zero-order valence-corrected chi connectivity index (χ0v) is 10.6. The molecule has 0 fully saturated rings. The Morgan fingerprint density at radius 1 is 1.27 bits per heavy atom. The predicted molar refractivity (Wildman–Crippen MR) is 62.3 cm³/mol. The molecule has 0 saturated carbocycles. The summed E-state index contributed by atoms with van der Waals surface area (Å²) in [7, 11) is -0.00687. The molecule has 0 saturated heterocycles. The molecule has 2 atom stereocenters. The minimum atomic E-state index is -1.64. The zero-order valence-electron chi connectivity index (χ0n) is 9.47. The monoisotopic (exact) mass is 226 g/mol. The largest absolute Gasteiger partial charge is 0.522 e. The Bertz CT molecular complexity index is 266. The van der Waals surface area contributed by atoms with Crippen molar-refractivity contribution in [3.05, 3.63) is 30.3 Å². The van der Waals surface area contributed by atoms with Crippen molar-refractivity contribution in [2.45, 2.75) is 26.2 Å². The fourth-order valence-electron chi connectivity index (χ4n) is 1.13. The molecule has 0 N–H and O–H groups in total. The van der Waals surface area contributed by atoms with Crippen molar-refractivity contribution >= 4 is 9.28 Å². The molecule has 0 spiro atoms. The molecule has 1 rings (SSSR count). The molecule has 0 aliphatic rings. The molecule has 0 amide bonds. The van der Waals surface area contributed by atoms with E-state index in [-0.39, 0.29) is 6.29 Å². The highest BCUT2D eigenvalue weighted by molar-refractivity contribution is 6.45. The van der Waals surface area contributed by atoms with Gasteiger partial charge in [0.2, 0.25) is 0 Å². The molecule has 3 nitrogen and oxygen atoms in total. The highest BCUT2D eigenvalue weighted by Gasteiger charge is 2.15. The minimum absolute atomic E-state index is 0.190. The number of para-hydroxylation sites is 1. The first-order valence-electron chi connectivity index (χ1n) is 5.16. The topological polar surface area (TPSA) is 27.7 Å². The number of ether oxygens (including phenoxy) is 1. The average molecular weight is 226 g/mol. The van der Waals surface area contributed by atoms with E-state index in [1.54, 1.807) is 7.11 Å². The van der Waals surface area contributed by atoms with Crippen LogP contribution in [-0.2, 0) is 9.16 Å². The van der Waals surface area contributed by atoms with Crippen LogP contribution in [0.1, 0.15) is 13.8 Å². The van der Waals surface area contributed by atoms with Gasteiger partial charge in [-0.25, -0.2) is 0 Å². The lowest BCUT2D eigenvalue weighted by molar-refractivity contribution is -0.0494. The molecule has 0 aromatic heterocycles. The number of hydrogen-bond acceptors (Lipinski definition) is 3. The van der Waals surface area contributed by atoms with E-state index in [1.165, 1.54) is 0 Å². The van der Waals surface area contributed by atoms with Crippen LogP contribution in [0.3, 0.4) is 0 Å². The Kier molecular flexibility index (Phi) is 5.38. The summed E-state index contributed by atoms with van der Waals surface area (Å²) in [5, 5.41) is 0. The quantitative estimate of drug-likeness (QED) is 0.550. The van der Waals surface area contributed by atoms with Gasteiger partial charge in [0.05, 0.1) is 0 Å². The second kappa shape index (κ2) is 6.61. The summed E-state index contributed by atoms with van der Waals surface area (Å²) in [6.45, 7) is 3.95. The molecular weight excluding hydrogens is 208 g/mol. The van der Waals surface area contributed by atoms with Gasteiger partial charge in [0.15, 0.2) is 0 Å². The van der Waals surface area contributed by atoms with Gasteiger partial charge in [-0.3, -0.25) is 0 Å². The van der Waals surface area contributed by atoms with Crippen LogP contribution in [0.5, 0.6) is 5.75 Å². The highest BCUT2D eigenvalue weighted by Crippen LogP contribution is 2.12. The molecule has 0 aliphatic heterocycles. The lowest BCUT2D eigenvalue weighted by atomic mass is 10.3. The van der Waals surface area contributed by atoms with Gasteiger partial charge in [0, 0.05) is 7.11 Å². The first-order chi connectivity index (χ1) is 7.26. The molecular formula is C11H18O3Si. The van der Waals surface area contributed by atoms with Gasteiger partial charge in [-0.2, -0.15) is 0 Å². The van der Waals surface area contributed by atoms with E-state index >= 15 is 0 Å². The molecule has 0 heterocycles. The summed E-state index contributed by atoms with van der Waals surface area (Å²) in [5.74, 6) is 0.874. The maximum atomic E-state index is 5.77. The lowest BCUT2D eigenvalue weighted by Gasteiger charge is -2.20. The summed E-state index contributed by atoms with van der Waals surface area (Å²) in [6, 6.07) is 10.7. The highest BCUT2D eigenvalue weighted by atomic mass is 28.3. The molecule has 2 unspecified atom stereocenters. The first kappa shape index (κ1) is 12.2. The molecule has 0 aliphatic carbocycles. The number of hydrogen-bond donors (Lipinski definition) is 0. The van der Waals surface area contributed by atoms with E-state index in [2.05, 4.69) is 6.92 Å². The van der Waals surface area contributed by atoms with Crippen molar-refractivity contribution in [2.24, 2.45) is 0 Å². The SMILES string of the molecule is CC[SiH](Oc1ccccc1)OC(C)OC. The van der Waals surface area contributed by atoms with Crippen molar-refractivity contribution in [3.63, 3.8) is 0 Å². The number of benzene rings is 1. The Morgan fingerprint density at radius 3 is 2.47 bits per heavy atom. The van der Waals surface area contributed by atoms with Crippen LogP contribution in [0.4, 0.5) is 0 Å². The summed E-state index contributed by atoms with van der Waals surface area (Å²) < 4.78 is 16.5. The average Bonchev–Trinajstić information content (AvgIpc) is 2.29. The van der Waals surface area contributed by atoms with E-state index in [4.69, 9.17) is 13.6 Å². The third kappa shape index (κ3) is 4.46. The predicted octanol–water partition coefficient (Wildman–Crippen LogP) is 2.31. The minimum Gasteiger partial charge on any atom is -0.522 e. The standard InChI is InChI=1S/C11H18O3Si/c1-4-15(13-10(2)12-3)14-11-8-6-5-7-9-11/h5-10,15H,4H2,1-3H3. The first-order valence-corrected chi connectivity index (χ1v) is 6.92. The smallest absolute Gasteiger partial charge is 0.384 e. The van der Waals surface area contributed by atoms with Crippen molar-refractivity contribution in [1.82, 2.24) is 0 Å². The van der Waals surface area contributed by atoms with Crippen LogP contribution in [0.25, 0.3) is 0 Å². The van der Waals surface area contributed by atoms with Crippen LogP contribution in [0.2, 0.25) is 6.04 Å². The van der Waals surface area contributed by atoms with Gasteiger partial charge in [0.25, 0.3) is 0 Å². The fourth-order valence-corrected chi connectivity index (χ4v) is 2.54. The van der Waals surface area contributed by atoms with Crippen molar-refractivity contribution in [2.75, 3.05) is 7.11 Å². The maximum absolute atomic E-state index is 5.77.